The molecule has 1 aliphatic rings. The lowest BCUT2D eigenvalue weighted by molar-refractivity contribution is 0.0957. The van der Waals surface area contributed by atoms with Crippen LogP contribution in [0.15, 0.2) is 12.1 Å². The van der Waals surface area contributed by atoms with E-state index in [0.29, 0.717) is 11.6 Å². The van der Waals surface area contributed by atoms with Gasteiger partial charge in [0, 0.05) is 13.6 Å². The lowest BCUT2D eigenvalue weighted by Crippen LogP contribution is -2.20. The Morgan fingerprint density at radius 2 is 2.24 bits per heavy atom. The van der Waals surface area contributed by atoms with Gasteiger partial charge in [-0.2, -0.15) is 0 Å². The molecular weight excluding hydrogens is 216 g/mol. The van der Waals surface area contributed by atoms with Crippen molar-refractivity contribution in [3.05, 3.63) is 17.8 Å². The fourth-order valence-electron chi connectivity index (χ4n) is 1.77. The molecule has 5 nitrogen and oxygen atoms in total. The van der Waals surface area contributed by atoms with E-state index in [0.717, 1.165) is 18.3 Å². The highest BCUT2D eigenvalue weighted by Crippen LogP contribution is 2.36. The second-order valence-corrected chi connectivity index (χ2v) is 4.58. The summed E-state index contributed by atoms with van der Waals surface area (Å²) in [6.45, 7) is 3.16. The Kier molecular flexibility index (Phi) is 3.56. The van der Waals surface area contributed by atoms with Crippen molar-refractivity contribution in [2.75, 3.05) is 18.9 Å². The summed E-state index contributed by atoms with van der Waals surface area (Å²) < 4.78 is 0. The molecule has 1 aromatic heterocycles. The molecule has 1 saturated carbocycles. The SMILES string of the molecule is CNC(=O)c1ccc(NCC(C)C2CC2)nn1. The zero-order valence-electron chi connectivity index (χ0n) is 10.2. The summed E-state index contributed by atoms with van der Waals surface area (Å²) in [5.41, 5.74) is 0.341. The molecule has 0 aromatic carbocycles. The second kappa shape index (κ2) is 5.12. The minimum absolute atomic E-state index is 0.213. The first-order valence-electron chi connectivity index (χ1n) is 6.00. The van der Waals surface area contributed by atoms with Crippen LogP contribution in [0.2, 0.25) is 0 Å². The summed E-state index contributed by atoms with van der Waals surface area (Å²) in [6, 6.07) is 3.47. The van der Waals surface area contributed by atoms with Gasteiger partial charge in [0.1, 0.15) is 5.82 Å². The number of hydrogen-bond acceptors (Lipinski definition) is 4. The monoisotopic (exact) mass is 234 g/mol. The number of anilines is 1. The van der Waals surface area contributed by atoms with Gasteiger partial charge in [0.25, 0.3) is 5.91 Å². The van der Waals surface area contributed by atoms with Crippen LogP contribution in [0, 0.1) is 11.8 Å². The number of amides is 1. The maximum absolute atomic E-state index is 11.3. The summed E-state index contributed by atoms with van der Waals surface area (Å²) in [6.07, 6.45) is 2.70. The predicted octanol–water partition coefficient (Wildman–Crippen LogP) is 1.29. The largest absolute Gasteiger partial charge is 0.368 e. The molecule has 1 amide bonds. The van der Waals surface area contributed by atoms with Gasteiger partial charge >= 0.3 is 0 Å². The Hall–Kier alpha value is -1.65. The van der Waals surface area contributed by atoms with Crippen molar-refractivity contribution in [2.24, 2.45) is 11.8 Å². The average molecular weight is 234 g/mol. The van der Waals surface area contributed by atoms with Gasteiger partial charge in [-0.15, -0.1) is 10.2 Å². The van der Waals surface area contributed by atoms with Crippen molar-refractivity contribution < 1.29 is 4.79 Å². The molecule has 0 radical (unpaired) electrons. The Morgan fingerprint density at radius 1 is 1.47 bits per heavy atom. The number of nitrogens with zero attached hydrogens (tertiary/aromatic N) is 2. The number of carbonyl (C=O) groups excluding carboxylic acids is 1. The van der Waals surface area contributed by atoms with Crippen LogP contribution >= 0.6 is 0 Å². The minimum Gasteiger partial charge on any atom is -0.368 e. The van der Waals surface area contributed by atoms with Gasteiger partial charge in [0.05, 0.1) is 0 Å². The normalized spacial score (nSPS) is 16.4. The molecule has 1 aliphatic carbocycles. The molecule has 17 heavy (non-hydrogen) atoms. The van der Waals surface area contributed by atoms with Crippen LogP contribution in [-0.4, -0.2) is 29.7 Å². The highest BCUT2D eigenvalue weighted by Gasteiger charge is 2.27. The molecule has 0 bridgehead atoms. The summed E-state index contributed by atoms with van der Waals surface area (Å²) in [7, 11) is 1.58. The molecule has 5 heteroatoms. The van der Waals surface area contributed by atoms with Gasteiger partial charge in [-0.05, 0) is 36.8 Å². The highest BCUT2D eigenvalue weighted by molar-refractivity contribution is 5.91. The van der Waals surface area contributed by atoms with Crippen molar-refractivity contribution >= 4 is 11.7 Å². The lowest BCUT2D eigenvalue weighted by Gasteiger charge is -2.11. The van der Waals surface area contributed by atoms with Crippen molar-refractivity contribution in [2.45, 2.75) is 19.8 Å². The van der Waals surface area contributed by atoms with E-state index >= 15 is 0 Å². The third kappa shape index (κ3) is 3.15. The van der Waals surface area contributed by atoms with E-state index in [-0.39, 0.29) is 5.91 Å². The molecule has 1 unspecified atom stereocenters. The third-order valence-corrected chi connectivity index (χ3v) is 3.16. The Balaban J connectivity index is 1.86. The molecule has 0 spiro atoms. The Bertz CT molecular complexity index is 386. The number of aromatic nitrogens is 2. The molecule has 2 N–H and O–H groups in total. The molecule has 1 aromatic rings. The topological polar surface area (TPSA) is 66.9 Å². The summed E-state index contributed by atoms with van der Waals surface area (Å²) in [5, 5.41) is 13.6. The maximum Gasteiger partial charge on any atom is 0.271 e. The van der Waals surface area contributed by atoms with Crippen molar-refractivity contribution in [1.29, 1.82) is 0 Å². The minimum atomic E-state index is -0.213. The van der Waals surface area contributed by atoms with Crippen molar-refractivity contribution in [1.82, 2.24) is 15.5 Å². The first-order valence-corrected chi connectivity index (χ1v) is 6.00. The zero-order chi connectivity index (χ0) is 12.3. The smallest absolute Gasteiger partial charge is 0.271 e. The van der Waals surface area contributed by atoms with E-state index in [9.17, 15) is 4.79 Å². The van der Waals surface area contributed by atoms with Crippen LogP contribution in [0.5, 0.6) is 0 Å². The first kappa shape index (κ1) is 11.8. The molecule has 92 valence electrons. The maximum atomic E-state index is 11.3. The van der Waals surface area contributed by atoms with Crippen LogP contribution in [0.4, 0.5) is 5.82 Å². The second-order valence-electron chi connectivity index (χ2n) is 4.58. The molecule has 2 rings (SSSR count). The summed E-state index contributed by atoms with van der Waals surface area (Å²) >= 11 is 0. The fourth-order valence-corrected chi connectivity index (χ4v) is 1.77. The van der Waals surface area contributed by atoms with Crippen molar-refractivity contribution in [3.8, 4) is 0 Å². The quantitative estimate of drug-likeness (QED) is 0.805. The van der Waals surface area contributed by atoms with Crippen molar-refractivity contribution in [3.63, 3.8) is 0 Å². The summed E-state index contributed by atoms with van der Waals surface area (Å²) in [5.74, 6) is 2.07. The van der Waals surface area contributed by atoms with Gasteiger partial charge in [-0.25, -0.2) is 0 Å². The number of nitrogens with one attached hydrogen (secondary N) is 2. The van der Waals surface area contributed by atoms with Crippen LogP contribution < -0.4 is 10.6 Å². The molecule has 1 fully saturated rings. The van der Waals surface area contributed by atoms with Gasteiger partial charge in [-0.1, -0.05) is 6.92 Å². The van der Waals surface area contributed by atoms with Gasteiger partial charge < -0.3 is 10.6 Å². The van der Waals surface area contributed by atoms with Gasteiger partial charge in [0.2, 0.25) is 0 Å². The lowest BCUT2D eigenvalue weighted by atomic mass is 10.1. The molecule has 0 saturated heterocycles. The van der Waals surface area contributed by atoms with Crippen LogP contribution in [0.25, 0.3) is 0 Å². The highest BCUT2D eigenvalue weighted by atomic mass is 16.1. The predicted molar refractivity (Wildman–Crippen MR) is 65.8 cm³/mol. The van der Waals surface area contributed by atoms with E-state index < -0.39 is 0 Å². The van der Waals surface area contributed by atoms with Crippen LogP contribution in [0.3, 0.4) is 0 Å². The van der Waals surface area contributed by atoms with E-state index in [1.165, 1.54) is 12.8 Å². The summed E-state index contributed by atoms with van der Waals surface area (Å²) in [4.78, 5) is 11.3. The van der Waals surface area contributed by atoms with E-state index in [4.69, 9.17) is 0 Å². The van der Waals surface area contributed by atoms with Crippen LogP contribution in [0.1, 0.15) is 30.3 Å². The third-order valence-electron chi connectivity index (χ3n) is 3.16. The number of rotatable bonds is 5. The molecule has 1 heterocycles. The number of carbonyl (C=O) groups is 1. The van der Waals surface area contributed by atoms with E-state index in [1.807, 2.05) is 0 Å². The van der Waals surface area contributed by atoms with E-state index in [1.54, 1.807) is 19.2 Å². The van der Waals surface area contributed by atoms with E-state index in [2.05, 4.69) is 27.8 Å². The molecule has 0 aliphatic heterocycles. The first-order chi connectivity index (χ1) is 8.20. The standard InChI is InChI=1S/C12H18N4O/c1-8(9-3-4-9)7-14-11-6-5-10(15-16-11)12(17)13-2/h5-6,8-9H,3-4,7H2,1-2H3,(H,13,17)(H,14,16). The van der Waals surface area contributed by atoms with Crippen LogP contribution in [-0.2, 0) is 0 Å². The average Bonchev–Trinajstić information content (AvgIpc) is 3.20. The molecule has 1 atom stereocenters. The Labute approximate surface area is 101 Å². The Morgan fingerprint density at radius 3 is 2.76 bits per heavy atom. The number of hydrogen-bond donors (Lipinski definition) is 2. The molecular formula is C12H18N4O. The zero-order valence-corrected chi connectivity index (χ0v) is 10.2. The van der Waals surface area contributed by atoms with Gasteiger partial charge in [-0.3, -0.25) is 4.79 Å². The van der Waals surface area contributed by atoms with Gasteiger partial charge in [0.15, 0.2) is 5.69 Å². The fraction of sp³-hybridized carbons (Fsp3) is 0.583.